The predicted molar refractivity (Wildman–Crippen MR) is 76.9 cm³/mol. The van der Waals surface area contributed by atoms with Crippen LogP contribution < -0.4 is 4.72 Å². The summed E-state index contributed by atoms with van der Waals surface area (Å²) in [6.45, 7) is 3.87. The topological polar surface area (TPSA) is 113 Å². The van der Waals surface area contributed by atoms with Gasteiger partial charge in [-0.2, -0.15) is 5.26 Å². The highest BCUT2D eigenvalue weighted by Gasteiger charge is 2.21. The second-order valence-electron chi connectivity index (χ2n) is 5.06. The SMILES string of the molecule is CC(C)CC(CC#N)NS(=O)(=O)c1ccc([N+](=O)[O-])cc1. The molecule has 1 aromatic carbocycles. The van der Waals surface area contributed by atoms with E-state index in [4.69, 9.17) is 5.26 Å². The number of nitro groups is 1. The molecule has 1 atom stereocenters. The number of hydrogen-bond acceptors (Lipinski definition) is 5. The molecule has 1 unspecified atom stereocenters. The first kappa shape index (κ1) is 17.1. The molecule has 0 aliphatic carbocycles. The molecule has 21 heavy (non-hydrogen) atoms. The molecule has 0 heterocycles. The van der Waals surface area contributed by atoms with Gasteiger partial charge >= 0.3 is 0 Å². The normalized spacial score (nSPS) is 12.9. The molecule has 0 fully saturated rings. The Morgan fingerprint density at radius 1 is 1.33 bits per heavy atom. The van der Waals surface area contributed by atoms with Crippen molar-refractivity contribution >= 4 is 15.7 Å². The van der Waals surface area contributed by atoms with Gasteiger partial charge in [0.05, 0.1) is 22.3 Å². The first-order valence-corrected chi connectivity index (χ1v) is 7.88. The summed E-state index contributed by atoms with van der Waals surface area (Å²) in [6, 6.07) is 6.11. The van der Waals surface area contributed by atoms with Gasteiger partial charge in [-0.05, 0) is 24.5 Å². The third kappa shape index (κ3) is 5.13. The molecular formula is C13H17N3O4S. The van der Waals surface area contributed by atoms with Crippen LogP contribution in [0.3, 0.4) is 0 Å². The lowest BCUT2D eigenvalue weighted by molar-refractivity contribution is -0.384. The van der Waals surface area contributed by atoms with E-state index in [0.717, 1.165) is 12.1 Å². The molecule has 0 spiro atoms. The molecule has 0 aliphatic rings. The maximum atomic E-state index is 12.2. The molecular weight excluding hydrogens is 294 g/mol. The van der Waals surface area contributed by atoms with Crippen LogP contribution in [0.25, 0.3) is 0 Å². The average molecular weight is 311 g/mol. The van der Waals surface area contributed by atoms with Crippen LogP contribution in [-0.4, -0.2) is 19.4 Å². The van der Waals surface area contributed by atoms with Crippen LogP contribution in [0.5, 0.6) is 0 Å². The third-order valence-electron chi connectivity index (χ3n) is 2.77. The van der Waals surface area contributed by atoms with Gasteiger partial charge in [0.25, 0.3) is 5.69 Å². The quantitative estimate of drug-likeness (QED) is 0.612. The third-order valence-corrected chi connectivity index (χ3v) is 4.31. The van der Waals surface area contributed by atoms with E-state index in [1.54, 1.807) is 0 Å². The number of nitrogens with zero attached hydrogens (tertiary/aromatic N) is 2. The van der Waals surface area contributed by atoms with E-state index in [9.17, 15) is 18.5 Å². The van der Waals surface area contributed by atoms with Crippen LogP contribution in [0.1, 0.15) is 26.7 Å². The Labute approximate surface area is 123 Å². The molecule has 0 radical (unpaired) electrons. The Bertz CT molecular complexity index is 632. The monoisotopic (exact) mass is 311 g/mol. The van der Waals surface area contributed by atoms with Crippen LogP contribution in [0.2, 0.25) is 0 Å². The highest BCUT2D eigenvalue weighted by atomic mass is 32.2. The lowest BCUT2D eigenvalue weighted by atomic mass is 10.0. The fourth-order valence-corrected chi connectivity index (χ4v) is 3.14. The number of rotatable bonds is 7. The van der Waals surface area contributed by atoms with Gasteiger partial charge in [-0.25, -0.2) is 13.1 Å². The molecule has 1 N–H and O–H groups in total. The zero-order valence-corrected chi connectivity index (χ0v) is 12.6. The van der Waals surface area contributed by atoms with Gasteiger partial charge in [0.2, 0.25) is 10.0 Å². The zero-order chi connectivity index (χ0) is 16.0. The van der Waals surface area contributed by atoms with Crippen molar-refractivity contribution in [2.75, 3.05) is 0 Å². The standard InChI is InChI=1S/C13H17N3O4S/c1-10(2)9-11(7-8-14)15-21(19,20)13-5-3-12(4-6-13)16(17)18/h3-6,10-11,15H,7,9H2,1-2H3. The van der Waals surface area contributed by atoms with Gasteiger partial charge in [0, 0.05) is 18.2 Å². The number of non-ortho nitro benzene ring substituents is 1. The maximum absolute atomic E-state index is 12.2. The largest absolute Gasteiger partial charge is 0.269 e. The van der Waals surface area contributed by atoms with Gasteiger partial charge in [-0.1, -0.05) is 13.8 Å². The molecule has 1 rings (SSSR count). The van der Waals surface area contributed by atoms with Gasteiger partial charge in [0.1, 0.15) is 0 Å². The van der Waals surface area contributed by atoms with Crippen LogP contribution in [0, 0.1) is 27.4 Å². The van der Waals surface area contributed by atoms with E-state index in [2.05, 4.69) is 4.72 Å². The van der Waals surface area contributed by atoms with Crippen molar-refractivity contribution in [3.8, 4) is 6.07 Å². The van der Waals surface area contributed by atoms with Crippen LogP contribution in [0.15, 0.2) is 29.2 Å². The van der Waals surface area contributed by atoms with Gasteiger partial charge in [-0.3, -0.25) is 10.1 Å². The molecule has 0 saturated heterocycles. The van der Waals surface area contributed by atoms with E-state index in [1.807, 2.05) is 19.9 Å². The number of hydrogen-bond donors (Lipinski definition) is 1. The summed E-state index contributed by atoms with van der Waals surface area (Å²) in [5, 5.41) is 19.3. The Kier molecular flexibility index (Phi) is 5.81. The minimum absolute atomic E-state index is 0.0557. The van der Waals surface area contributed by atoms with Crippen molar-refractivity contribution in [1.29, 1.82) is 5.26 Å². The molecule has 0 saturated carbocycles. The van der Waals surface area contributed by atoms with E-state index in [-0.39, 0.29) is 22.9 Å². The van der Waals surface area contributed by atoms with Gasteiger partial charge in [0.15, 0.2) is 0 Å². The number of sulfonamides is 1. The number of benzene rings is 1. The number of nitro benzene ring substituents is 1. The van der Waals surface area contributed by atoms with Crippen molar-refractivity contribution in [2.45, 2.75) is 37.6 Å². The lowest BCUT2D eigenvalue weighted by Gasteiger charge is -2.17. The molecule has 1 aromatic rings. The number of nitrogens with one attached hydrogen (secondary N) is 1. The van der Waals surface area contributed by atoms with Crippen molar-refractivity contribution < 1.29 is 13.3 Å². The van der Waals surface area contributed by atoms with Crippen molar-refractivity contribution in [1.82, 2.24) is 4.72 Å². The second-order valence-corrected chi connectivity index (χ2v) is 6.77. The lowest BCUT2D eigenvalue weighted by Crippen LogP contribution is -2.35. The predicted octanol–water partition coefficient (Wildman–Crippen LogP) is 2.20. The zero-order valence-electron chi connectivity index (χ0n) is 11.8. The van der Waals surface area contributed by atoms with E-state index >= 15 is 0 Å². The minimum atomic E-state index is -3.79. The van der Waals surface area contributed by atoms with E-state index in [0.29, 0.717) is 6.42 Å². The highest BCUT2D eigenvalue weighted by Crippen LogP contribution is 2.17. The van der Waals surface area contributed by atoms with Crippen molar-refractivity contribution in [2.24, 2.45) is 5.92 Å². The highest BCUT2D eigenvalue weighted by molar-refractivity contribution is 7.89. The molecule has 8 heteroatoms. The Balaban J connectivity index is 2.93. The molecule has 0 amide bonds. The van der Waals surface area contributed by atoms with Gasteiger partial charge in [-0.15, -0.1) is 0 Å². The summed E-state index contributed by atoms with van der Waals surface area (Å²) in [5.74, 6) is 0.239. The second kappa shape index (κ2) is 7.15. The van der Waals surface area contributed by atoms with Crippen molar-refractivity contribution in [3.63, 3.8) is 0 Å². The molecule has 0 bridgehead atoms. The van der Waals surface area contributed by atoms with E-state index < -0.39 is 21.0 Å². The Morgan fingerprint density at radius 2 is 1.90 bits per heavy atom. The fourth-order valence-electron chi connectivity index (χ4n) is 1.89. The first-order chi connectivity index (χ1) is 9.76. The Morgan fingerprint density at radius 3 is 2.33 bits per heavy atom. The van der Waals surface area contributed by atoms with Gasteiger partial charge < -0.3 is 0 Å². The summed E-state index contributed by atoms with van der Waals surface area (Å²) >= 11 is 0. The molecule has 114 valence electrons. The fraction of sp³-hybridized carbons (Fsp3) is 0.462. The molecule has 7 nitrogen and oxygen atoms in total. The summed E-state index contributed by atoms with van der Waals surface area (Å²) in [4.78, 5) is 9.90. The summed E-state index contributed by atoms with van der Waals surface area (Å²) in [5.41, 5.74) is -0.176. The smallest absolute Gasteiger partial charge is 0.258 e. The number of nitriles is 1. The average Bonchev–Trinajstić information content (AvgIpc) is 2.37. The summed E-state index contributed by atoms with van der Waals surface area (Å²) in [6.07, 6.45) is 0.615. The summed E-state index contributed by atoms with van der Waals surface area (Å²) in [7, 11) is -3.79. The molecule has 0 aliphatic heterocycles. The minimum Gasteiger partial charge on any atom is -0.258 e. The van der Waals surface area contributed by atoms with Crippen LogP contribution in [0.4, 0.5) is 5.69 Å². The molecule has 0 aromatic heterocycles. The van der Waals surface area contributed by atoms with Crippen LogP contribution in [-0.2, 0) is 10.0 Å². The maximum Gasteiger partial charge on any atom is 0.269 e. The first-order valence-electron chi connectivity index (χ1n) is 6.40. The summed E-state index contributed by atoms with van der Waals surface area (Å²) < 4.78 is 26.8. The Hall–Kier alpha value is -1.98. The van der Waals surface area contributed by atoms with Crippen LogP contribution >= 0.6 is 0 Å². The van der Waals surface area contributed by atoms with E-state index in [1.165, 1.54) is 12.1 Å². The van der Waals surface area contributed by atoms with Crippen molar-refractivity contribution in [3.05, 3.63) is 34.4 Å².